The van der Waals surface area contributed by atoms with Crippen LogP contribution in [-0.2, 0) is 14.6 Å². The first-order chi connectivity index (χ1) is 10.8. The van der Waals surface area contributed by atoms with Crippen molar-refractivity contribution in [2.75, 3.05) is 24.6 Å². The van der Waals surface area contributed by atoms with Crippen LogP contribution in [0.25, 0.3) is 0 Å². The largest absolute Gasteiger partial charge is 0.338 e. The molecule has 2 atom stereocenters. The summed E-state index contributed by atoms with van der Waals surface area (Å²) in [5, 5.41) is 3.23. The van der Waals surface area contributed by atoms with E-state index in [4.69, 9.17) is 0 Å². The van der Waals surface area contributed by atoms with Crippen molar-refractivity contribution in [1.29, 1.82) is 0 Å². The highest BCUT2D eigenvalue weighted by molar-refractivity contribution is 9.10. The van der Waals surface area contributed by atoms with Crippen LogP contribution in [0.3, 0.4) is 0 Å². The van der Waals surface area contributed by atoms with Gasteiger partial charge in [-0.3, -0.25) is 4.79 Å². The van der Waals surface area contributed by atoms with E-state index in [1.54, 1.807) is 4.90 Å². The van der Waals surface area contributed by atoms with Gasteiger partial charge in [-0.15, -0.1) is 0 Å². The Morgan fingerprint density at radius 1 is 1.43 bits per heavy atom. The van der Waals surface area contributed by atoms with Gasteiger partial charge in [0.05, 0.1) is 18.1 Å². The van der Waals surface area contributed by atoms with Crippen LogP contribution >= 0.6 is 15.9 Å². The van der Waals surface area contributed by atoms with Gasteiger partial charge in [-0.05, 0) is 31.9 Å². The van der Waals surface area contributed by atoms with E-state index >= 15 is 0 Å². The van der Waals surface area contributed by atoms with Gasteiger partial charge in [0.15, 0.2) is 9.84 Å². The van der Waals surface area contributed by atoms with E-state index < -0.39 is 9.84 Å². The molecule has 5 nitrogen and oxygen atoms in total. The Labute approximate surface area is 146 Å². The summed E-state index contributed by atoms with van der Waals surface area (Å²) >= 11 is 3.51. The Morgan fingerprint density at radius 2 is 2.13 bits per heavy atom. The molecule has 1 amide bonds. The molecule has 1 aliphatic heterocycles. The van der Waals surface area contributed by atoms with Crippen molar-refractivity contribution in [3.05, 3.63) is 34.3 Å². The van der Waals surface area contributed by atoms with Gasteiger partial charge in [0.1, 0.15) is 0 Å². The second kappa shape index (κ2) is 7.77. The van der Waals surface area contributed by atoms with Gasteiger partial charge in [0, 0.05) is 23.1 Å². The second-order valence-corrected chi connectivity index (χ2v) is 8.94. The summed E-state index contributed by atoms with van der Waals surface area (Å²) in [5.74, 6) is 0.225. The number of nitrogens with one attached hydrogen (secondary N) is 1. The smallest absolute Gasteiger partial charge is 0.236 e. The van der Waals surface area contributed by atoms with Gasteiger partial charge >= 0.3 is 0 Å². The zero-order valence-corrected chi connectivity index (χ0v) is 15.9. The average Bonchev–Trinajstić information content (AvgIpc) is 2.86. The van der Waals surface area contributed by atoms with Crippen LogP contribution in [0.15, 0.2) is 28.7 Å². The normalized spacial score (nSPS) is 21.1. The number of nitrogens with zero attached hydrogens (tertiary/aromatic N) is 1. The summed E-state index contributed by atoms with van der Waals surface area (Å²) in [6.07, 6.45) is 0.543. The minimum atomic E-state index is -2.98. The molecule has 1 aromatic rings. The summed E-state index contributed by atoms with van der Waals surface area (Å²) in [5.41, 5.74) is 1.09. The maximum atomic E-state index is 12.4. The van der Waals surface area contributed by atoms with E-state index in [-0.39, 0.29) is 36.0 Å². The fourth-order valence-electron chi connectivity index (χ4n) is 2.94. The quantitative estimate of drug-likeness (QED) is 0.791. The van der Waals surface area contributed by atoms with Crippen LogP contribution in [0.2, 0.25) is 0 Å². The van der Waals surface area contributed by atoms with Crippen LogP contribution < -0.4 is 5.32 Å². The third-order valence-corrected chi connectivity index (χ3v) is 6.71. The monoisotopic (exact) mass is 402 g/mol. The molecule has 0 bridgehead atoms. The molecule has 1 N–H and O–H groups in total. The SMILES string of the molecule is CCN(C(=O)CNC(C)c1ccccc1Br)C1CCS(=O)(=O)C1. The molecule has 0 saturated carbocycles. The molecule has 7 heteroatoms. The van der Waals surface area contributed by atoms with Crippen LogP contribution in [0, 0.1) is 0 Å². The summed E-state index contributed by atoms with van der Waals surface area (Å²) in [7, 11) is -2.98. The Bertz CT molecular complexity index is 663. The molecule has 0 aliphatic carbocycles. The van der Waals surface area contributed by atoms with Crippen LogP contribution in [0.5, 0.6) is 0 Å². The molecular formula is C16H23BrN2O3S. The minimum absolute atomic E-state index is 0.0283. The number of halogens is 1. The summed E-state index contributed by atoms with van der Waals surface area (Å²) in [6.45, 7) is 4.63. The summed E-state index contributed by atoms with van der Waals surface area (Å²) in [4.78, 5) is 14.1. The van der Waals surface area contributed by atoms with E-state index in [2.05, 4.69) is 21.2 Å². The molecule has 0 radical (unpaired) electrons. The molecule has 2 unspecified atom stereocenters. The van der Waals surface area contributed by atoms with E-state index in [1.165, 1.54) is 0 Å². The molecule has 1 heterocycles. The zero-order valence-electron chi connectivity index (χ0n) is 13.5. The average molecular weight is 403 g/mol. The van der Waals surface area contributed by atoms with E-state index in [0.29, 0.717) is 13.0 Å². The lowest BCUT2D eigenvalue weighted by Crippen LogP contribution is -2.45. The number of likely N-dealkylation sites (N-methyl/N-ethyl adjacent to an activating group) is 1. The van der Waals surface area contributed by atoms with Crippen molar-refractivity contribution in [2.24, 2.45) is 0 Å². The standard InChI is InChI=1S/C16H23BrN2O3S/c1-3-19(13-8-9-23(21,22)11-13)16(20)10-18-12(2)14-6-4-5-7-15(14)17/h4-7,12-13,18H,3,8-11H2,1-2H3. The first-order valence-electron chi connectivity index (χ1n) is 7.81. The third-order valence-electron chi connectivity index (χ3n) is 4.24. The predicted molar refractivity (Wildman–Crippen MR) is 95.0 cm³/mol. The second-order valence-electron chi connectivity index (χ2n) is 5.86. The fourth-order valence-corrected chi connectivity index (χ4v) is 5.30. The molecule has 128 valence electrons. The van der Waals surface area contributed by atoms with Crippen molar-refractivity contribution < 1.29 is 13.2 Å². The van der Waals surface area contributed by atoms with E-state index in [9.17, 15) is 13.2 Å². The predicted octanol–water partition coefficient (Wildman–Crippen LogP) is 2.14. The molecule has 1 aromatic carbocycles. The van der Waals surface area contributed by atoms with Gasteiger partial charge in [0.2, 0.25) is 5.91 Å². The Hall–Kier alpha value is -0.920. The summed E-state index contributed by atoms with van der Waals surface area (Å²) in [6, 6.07) is 7.73. The highest BCUT2D eigenvalue weighted by Crippen LogP contribution is 2.23. The van der Waals surface area contributed by atoms with Crippen molar-refractivity contribution in [2.45, 2.75) is 32.4 Å². The fraction of sp³-hybridized carbons (Fsp3) is 0.562. The number of hydrogen-bond acceptors (Lipinski definition) is 4. The minimum Gasteiger partial charge on any atom is -0.338 e. The number of amides is 1. The third kappa shape index (κ3) is 4.78. The van der Waals surface area contributed by atoms with Gasteiger partial charge in [-0.1, -0.05) is 34.1 Å². The zero-order chi connectivity index (χ0) is 17.0. The van der Waals surface area contributed by atoms with Crippen molar-refractivity contribution >= 4 is 31.7 Å². The van der Waals surface area contributed by atoms with Crippen LogP contribution in [0.4, 0.5) is 0 Å². The molecule has 1 aliphatic rings. The molecule has 23 heavy (non-hydrogen) atoms. The molecule has 0 spiro atoms. The van der Waals surface area contributed by atoms with E-state index in [0.717, 1.165) is 10.0 Å². The van der Waals surface area contributed by atoms with Crippen molar-refractivity contribution in [1.82, 2.24) is 10.2 Å². The topological polar surface area (TPSA) is 66.5 Å². The van der Waals surface area contributed by atoms with Crippen molar-refractivity contribution in [3.8, 4) is 0 Å². The van der Waals surface area contributed by atoms with E-state index in [1.807, 2.05) is 38.1 Å². The Kier molecular flexibility index (Phi) is 6.22. The molecule has 1 fully saturated rings. The molecule has 0 aromatic heterocycles. The number of carbonyl (C=O) groups excluding carboxylic acids is 1. The maximum Gasteiger partial charge on any atom is 0.236 e. The molecular weight excluding hydrogens is 380 g/mol. The lowest BCUT2D eigenvalue weighted by Gasteiger charge is -2.28. The number of hydrogen-bond donors (Lipinski definition) is 1. The van der Waals surface area contributed by atoms with Gasteiger partial charge in [0.25, 0.3) is 0 Å². The Morgan fingerprint density at radius 3 is 2.70 bits per heavy atom. The first-order valence-corrected chi connectivity index (χ1v) is 10.4. The van der Waals surface area contributed by atoms with Gasteiger partial charge < -0.3 is 10.2 Å². The molecule has 1 saturated heterocycles. The lowest BCUT2D eigenvalue weighted by molar-refractivity contribution is -0.132. The number of rotatable bonds is 6. The first kappa shape index (κ1) is 18.4. The van der Waals surface area contributed by atoms with Gasteiger partial charge in [-0.25, -0.2) is 8.42 Å². The summed E-state index contributed by atoms with van der Waals surface area (Å²) < 4.78 is 24.2. The van der Waals surface area contributed by atoms with Crippen LogP contribution in [0.1, 0.15) is 31.9 Å². The highest BCUT2D eigenvalue weighted by Gasteiger charge is 2.33. The highest BCUT2D eigenvalue weighted by atomic mass is 79.9. The number of carbonyl (C=O) groups is 1. The van der Waals surface area contributed by atoms with Crippen LogP contribution in [-0.4, -0.2) is 49.9 Å². The number of benzene rings is 1. The van der Waals surface area contributed by atoms with Crippen molar-refractivity contribution in [3.63, 3.8) is 0 Å². The maximum absolute atomic E-state index is 12.4. The number of sulfone groups is 1. The lowest BCUT2D eigenvalue weighted by atomic mass is 10.1. The Balaban J connectivity index is 1.94. The molecule has 2 rings (SSSR count). The van der Waals surface area contributed by atoms with Gasteiger partial charge in [-0.2, -0.15) is 0 Å².